The van der Waals surface area contributed by atoms with Crippen molar-refractivity contribution in [1.29, 1.82) is 0 Å². The number of oxime groups is 1. The number of methoxy groups -OCH3 is 2. The predicted molar refractivity (Wildman–Crippen MR) is 198 cm³/mol. The van der Waals surface area contributed by atoms with Crippen LogP contribution < -0.4 is 30.1 Å². The Morgan fingerprint density at radius 2 is 1.67 bits per heavy atom. The van der Waals surface area contributed by atoms with Crippen molar-refractivity contribution in [3.63, 3.8) is 0 Å². The van der Waals surface area contributed by atoms with Crippen LogP contribution >= 0.6 is 0 Å². The van der Waals surface area contributed by atoms with Gasteiger partial charge in [0.2, 0.25) is 11.7 Å². The zero-order valence-electron chi connectivity index (χ0n) is 30.3. The number of azide groups is 2. The van der Waals surface area contributed by atoms with Crippen LogP contribution in [0.5, 0.6) is 17.2 Å². The second-order valence-electron chi connectivity index (χ2n) is 12.0. The minimum atomic E-state index is -1.09. The van der Waals surface area contributed by atoms with E-state index in [1.807, 2.05) is 57.2 Å². The van der Waals surface area contributed by atoms with Crippen molar-refractivity contribution in [1.82, 2.24) is 10.6 Å². The van der Waals surface area contributed by atoms with Gasteiger partial charge in [-0.15, -0.1) is 0 Å². The molecule has 0 radical (unpaired) electrons. The molecule has 0 saturated carbocycles. The van der Waals surface area contributed by atoms with Crippen LogP contribution in [-0.4, -0.2) is 37.7 Å². The van der Waals surface area contributed by atoms with Gasteiger partial charge in [0.1, 0.15) is 17.6 Å². The molecule has 7 rings (SSSR count). The van der Waals surface area contributed by atoms with E-state index in [0.29, 0.717) is 34.8 Å². The number of hydrogen-bond donors (Lipinski definition) is 2. The van der Waals surface area contributed by atoms with Crippen molar-refractivity contribution in [2.24, 2.45) is 15.4 Å². The lowest BCUT2D eigenvalue weighted by molar-refractivity contribution is -0.201. The van der Waals surface area contributed by atoms with Crippen molar-refractivity contribution < 1.29 is 38.6 Å². The fraction of sp³-hybridized carbons (Fsp3) is 0.243. The number of allylic oxidation sites excluding steroid dienone is 3. The largest absolute Gasteiger partial charge is 0.496 e. The summed E-state index contributed by atoms with van der Waals surface area (Å²) in [4.78, 5) is 60.0. The molecule has 3 amide bonds. The lowest BCUT2D eigenvalue weighted by Gasteiger charge is -2.29. The highest BCUT2D eigenvalue weighted by Gasteiger charge is 2.36. The molecular weight excluding hydrogens is 712 g/mol. The first-order chi connectivity index (χ1) is 26.7. The zero-order valence-corrected chi connectivity index (χ0v) is 30.3. The third-order valence-electron chi connectivity index (χ3n) is 8.76. The highest BCUT2D eigenvalue weighted by Crippen LogP contribution is 2.50. The Balaban J connectivity index is 0.00000253. The molecule has 18 nitrogen and oxygen atoms in total. The zero-order chi connectivity index (χ0) is 39.2. The summed E-state index contributed by atoms with van der Waals surface area (Å²) in [6.07, 6.45) is 5.74. The van der Waals surface area contributed by atoms with Gasteiger partial charge in [-0.2, -0.15) is 5.06 Å². The van der Waals surface area contributed by atoms with Crippen LogP contribution in [0.25, 0.3) is 20.9 Å². The van der Waals surface area contributed by atoms with Crippen LogP contribution in [0.1, 0.15) is 83.3 Å². The number of carbonyl (C=O) groups is 3. The van der Waals surface area contributed by atoms with Gasteiger partial charge in [-0.3, -0.25) is 14.4 Å². The lowest BCUT2D eigenvalue weighted by atomic mass is 9.95. The molecule has 0 fully saturated rings. The van der Waals surface area contributed by atoms with Crippen LogP contribution in [0.4, 0.5) is 11.4 Å². The SMILES string of the molecule is CC.COc1cc(C2NC(=O)C3=C(CC=CC(C)=C3)N2)ccc1OON1c2ccc(C3CC(c4cc(OC)c(C(=O)N=[N+]=[N-])c(C(=O)N=[N+]=[N-])c4)=NO3)cc21. The molecule has 3 heterocycles. The van der Waals surface area contributed by atoms with Gasteiger partial charge < -0.3 is 29.8 Å². The summed E-state index contributed by atoms with van der Waals surface area (Å²) in [6, 6.07) is 13.5. The van der Waals surface area contributed by atoms with Crippen molar-refractivity contribution in [3.05, 3.63) is 132 Å². The summed E-state index contributed by atoms with van der Waals surface area (Å²) in [6.45, 7) is 5.95. The molecule has 0 spiro atoms. The maximum Gasteiger partial charge on any atom is 0.254 e. The minimum Gasteiger partial charge on any atom is -0.496 e. The Hall–Kier alpha value is -7.26. The van der Waals surface area contributed by atoms with Crippen LogP contribution in [0.15, 0.2) is 99.0 Å². The number of hydrogen-bond acceptors (Lipinski definition) is 11. The van der Waals surface area contributed by atoms with E-state index in [0.717, 1.165) is 33.8 Å². The summed E-state index contributed by atoms with van der Waals surface area (Å²) in [5.74, 6) is -1.71. The van der Waals surface area contributed by atoms with E-state index < -0.39 is 24.1 Å². The molecule has 0 bridgehead atoms. The van der Waals surface area contributed by atoms with Gasteiger partial charge in [-0.05, 0) is 81.8 Å². The molecule has 4 aliphatic rings. The number of rotatable bonds is 10. The van der Waals surface area contributed by atoms with Crippen molar-refractivity contribution in [2.45, 2.75) is 45.9 Å². The minimum absolute atomic E-state index is 0.0833. The second-order valence-corrected chi connectivity index (χ2v) is 12.0. The molecular formula is C37H34N10O8. The molecule has 0 aromatic heterocycles. The Bertz CT molecular complexity index is 2320. The number of amides is 3. The maximum atomic E-state index is 12.9. The quantitative estimate of drug-likeness (QED) is 0.0511. The number of benzene rings is 3. The fourth-order valence-corrected chi connectivity index (χ4v) is 6.14. The lowest BCUT2D eigenvalue weighted by Crippen LogP contribution is -2.43. The third kappa shape index (κ3) is 7.63. The monoisotopic (exact) mass is 746 g/mol. The van der Waals surface area contributed by atoms with E-state index in [-0.39, 0.29) is 29.2 Å². The number of ether oxygens (including phenoxy) is 2. The van der Waals surface area contributed by atoms with Crippen molar-refractivity contribution in [3.8, 4) is 17.2 Å². The highest BCUT2D eigenvalue weighted by atomic mass is 17.3. The van der Waals surface area contributed by atoms with Gasteiger partial charge >= 0.3 is 0 Å². The number of anilines is 2. The van der Waals surface area contributed by atoms with Crippen LogP contribution in [0.3, 0.4) is 0 Å². The average molecular weight is 747 g/mol. The number of nitrogens with one attached hydrogen (secondary N) is 2. The highest BCUT2D eigenvalue weighted by molar-refractivity contribution is 6.12. The van der Waals surface area contributed by atoms with Crippen molar-refractivity contribution >= 4 is 34.8 Å². The standard InChI is InChI=1S/C35H28N10O8.C2H6/c1-17-5-4-6-23-21(11-17)33(46)39-32(38-23)19-8-10-27(29(14-19)49-2)52-53-45-25-9-7-18(13-26(25)45)28-16-24(42-51-28)20-12-22(34(47)40-43-36)31(30(15-20)50-3)35(48)41-44-37;1-2/h4-5,7-15,28,32,38H,6,16H2,1-3H3,(H,39,46);1-2H3. The summed E-state index contributed by atoms with van der Waals surface area (Å²) in [5, 5.41) is 18.2. The van der Waals surface area contributed by atoms with Crippen LogP contribution in [-0.2, 0) is 14.6 Å². The van der Waals surface area contributed by atoms with Crippen molar-refractivity contribution in [2.75, 3.05) is 19.3 Å². The van der Waals surface area contributed by atoms with E-state index in [1.165, 1.54) is 31.4 Å². The molecule has 2 N–H and O–H groups in total. The molecule has 55 heavy (non-hydrogen) atoms. The van der Waals surface area contributed by atoms with Crippen LogP contribution in [0.2, 0.25) is 0 Å². The van der Waals surface area contributed by atoms with E-state index in [9.17, 15) is 14.4 Å². The van der Waals surface area contributed by atoms with Gasteiger partial charge in [-0.25, -0.2) is 0 Å². The Morgan fingerprint density at radius 1 is 0.927 bits per heavy atom. The first-order valence-electron chi connectivity index (χ1n) is 17.0. The molecule has 3 aliphatic heterocycles. The molecule has 0 saturated heterocycles. The third-order valence-corrected chi connectivity index (χ3v) is 8.76. The first-order valence-corrected chi connectivity index (χ1v) is 17.0. The Labute approximate surface area is 313 Å². The fourth-order valence-electron chi connectivity index (χ4n) is 6.14. The summed E-state index contributed by atoms with van der Waals surface area (Å²) in [7, 11) is 2.77. The first kappa shape index (κ1) is 37.5. The van der Waals surface area contributed by atoms with Gasteiger partial charge in [0.15, 0.2) is 11.9 Å². The summed E-state index contributed by atoms with van der Waals surface area (Å²) >= 11 is 0. The average Bonchev–Trinajstić information content (AvgIpc) is 3.73. The molecule has 3 aromatic carbocycles. The van der Waals surface area contributed by atoms with E-state index in [2.05, 4.69) is 35.8 Å². The maximum absolute atomic E-state index is 12.9. The Morgan fingerprint density at radius 3 is 2.42 bits per heavy atom. The molecule has 1 aliphatic carbocycles. The number of fused-ring (bicyclic) bond motifs is 1. The Kier molecular flexibility index (Phi) is 11.0. The molecule has 3 aromatic rings. The van der Waals surface area contributed by atoms with E-state index in [4.69, 9.17) is 35.2 Å². The van der Waals surface area contributed by atoms with Gasteiger partial charge in [0, 0.05) is 39.5 Å². The summed E-state index contributed by atoms with van der Waals surface area (Å²) < 4.78 is 10.9. The van der Waals surface area contributed by atoms with Gasteiger partial charge in [-0.1, -0.05) is 53.8 Å². The van der Waals surface area contributed by atoms with E-state index in [1.54, 1.807) is 18.2 Å². The molecule has 280 valence electrons. The molecule has 2 unspecified atom stereocenters. The number of nitrogens with zero attached hydrogens (tertiary/aromatic N) is 8. The number of carbonyl (C=O) groups excluding carboxylic acids is 3. The van der Waals surface area contributed by atoms with Gasteiger partial charge in [0.25, 0.3) is 11.8 Å². The smallest absolute Gasteiger partial charge is 0.254 e. The van der Waals surface area contributed by atoms with Gasteiger partial charge in [0.05, 0.1) is 36.8 Å². The topological polar surface area (TPSA) is 234 Å². The summed E-state index contributed by atoms with van der Waals surface area (Å²) in [5.41, 5.74) is 23.1. The predicted octanol–water partition coefficient (Wildman–Crippen LogP) is 7.75. The molecule has 2 atom stereocenters. The van der Waals surface area contributed by atoms with E-state index >= 15 is 0 Å². The second kappa shape index (κ2) is 16.2. The normalized spacial score (nSPS) is 17.4. The van der Waals surface area contributed by atoms with Crippen LogP contribution in [0, 0.1) is 0 Å². The molecule has 18 heteroatoms.